The average Bonchev–Trinajstić information content (AvgIpc) is 3.51. The van der Waals surface area contributed by atoms with E-state index < -0.39 is 23.2 Å². The molecule has 184 valence electrons. The topological polar surface area (TPSA) is 97.3 Å². The van der Waals surface area contributed by atoms with Gasteiger partial charge >= 0.3 is 0 Å². The van der Waals surface area contributed by atoms with Gasteiger partial charge in [-0.3, -0.25) is 19.7 Å². The summed E-state index contributed by atoms with van der Waals surface area (Å²) in [6.07, 6.45) is 1.49. The third-order valence-corrected chi connectivity index (χ3v) is 7.10. The lowest BCUT2D eigenvalue weighted by Gasteiger charge is -2.38. The number of ketones is 1. The Hall–Kier alpha value is -4.37. The van der Waals surface area contributed by atoms with Crippen molar-refractivity contribution in [1.29, 1.82) is 0 Å². The number of nitrogens with zero attached hydrogens (tertiary/aromatic N) is 2. The van der Waals surface area contributed by atoms with Gasteiger partial charge in [-0.2, -0.15) is 5.10 Å². The van der Waals surface area contributed by atoms with E-state index >= 15 is 0 Å². The third-order valence-electron chi connectivity index (χ3n) is 6.29. The van der Waals surface area contributed by atoms with Gasteiger partial charge in [0.2, 0.25) is 6.23 Å². The molecule has 2 unspecified atom stereocenters. The maximum atomic E-state index is 12.2. The van der Waals surface area contributed by atoms with Gasteiger partial charge in [0.1, 0.15) is 11.5 Å². The third kappa shape index (κ3) is 4.61. The second-order valence-corrected chi connectivity index (χ2v) is 9.71. The first-order chi connectivity index (χ1) is 18.0. The number of thioether (sulfide) groups is 1. The minimum absolute atomic E-state index is 0.0595. The molecule has 3 aromatic rings. The van der Waals surface area contributed by atoms with E-state index in [1.165, 1.54) is 0 Å². The number of ether oxygens (including phenoxy) is 2. The number of carbonyl (C=O) groups is 3. The number of rotatable bonds is 6. The Morgan fingerprint density at radius 1 is 1.05 bits per heavy atom. The van der Waals surface area contributed by atoms with Crippen LogP contribution in [0.2, 0.25) is 0 Å². The standard InChI is InChI=1S/C28H21N3O5S/c32-19(14-25-26(33)29-28(34)37-25)16-35-20-12-10-18(11-13-20)27-31-23(21-8-4-5-9-24(21)36-27)15-22(30-31)17-6-2-1-3-7-17/h1-14,23,27H,15-16H2,(H,29,33,34). The summed E-state index contributed by atoms with van der Waals surface area (Å²) in [5.74, 6) is 0.355. The molecule has 2 atom stereocenters. The van der Waals surface area contributed by atoms with Crippen molar-refractivity contribution in [2.24, 2.45) is 5.10 Å². The van der Waals surface area contributed by atoms with Gasteiger partial charge in [-0.05, 0) is 47.7 Å². The van der Waals surface area contributed by atoms with Gasteiger partial charge in [-0.1, -0.05) is 48.5 Å². The average molecular weight is 512 g/mol. The van der Waals surface area contributed by atoms with Crippen LogP contribution in [-0.2, 0) is 9.59 Å². The zero-order chi connectivity index (χ0) is 25.4. The van der Waals surface area contributed by atoms with Crippen LogP contribution in [0.15, 0.2) is 94.9 Å². The van der Waals surface area contributed by atoms with Crippen molar-refractivity contribution >= 4 is 34.4 Å². The first kappa shape index (κ1) is 23.1. The van der Waals surface area contributed by atoms with Gasteiger partial charge in [-0.15, -0.1) is 0 Å². The molecule has 1 saturated heterocycles. The number of nitrogens with one attached hydrogen (secondary N) is 1. The van der Waals surface area contributed by atoms with Crippen molar-refractivity contribution in [3.63, 3.8) is 0 Å². The first-order valence-electron chi connectivity index (χ1n) is 11.7. The van der Waals surface area contributed by atoms with E-state index in [-0.39, 0.29) is 17.6 Å². The van der Waals surface area contributed by atoms with E-state index in [0.717, 1.165) is 40.6 Å². The fraction of sp³-hybridized carbons (Fsp3) is 0.143. The molecule has 0 aromatic heterocycles. The highest BCUT2D eigenvalue weighted by atomic mass is 32.2. The summed E-state index contributed by atoms with van der Waals surface area (Å²) in [4.78, 5) is 35.1. The molecular weight excluding hydrogens is 490 g/mol. The molecule has 8 nitrogen and oxygen atoms in total. The molecule has 2 amide bonds. The molecule has 9 heteroatoms. The van der Waals surface area contributed by atoms with Crippen LogP contribution in [0.4, 0.5) is 4.79 Å². The molecule has 3 aliphatic rings. The number of hydrogen-bond acceptors (Lipinski definition) is 8. The first-order valence-corrected chi connectivity index (χ1v) is 12.5. The van der Waals surface area contributed by atoms with E-state index in [9.17, 15) is 14.4 Å². The molecule has 0 spiro atoms. The summed E-state index contributed by atoms with van der Waals surface area (Å²) in [7, 11) is 0. The molecule has 3 aliphatic heterocycles. The minimum Gasteiger partial charge on any atom is -0.485 e. The lowest BCUT2D eigenvalue weighted by Crippen LogP contribution is -2.33. The number of benzene rings is 3. The number of carbonyl (C=O) groups excluding carboxylic acids is 3. The van der Waals surface area contributed by atoms with Crippen molar-refractivity contribution in [3.05, 3.63) is 107 Å². The summed E-state index contributed by atoms with van der Waals surface area (Å²) in [6.45, 7) is -0.253. The smallest absolute Gasteiger partial charge is 0.290 e. The molecule has 3 aromatic carbocycles. The van der Waals surface area contributed by atoms with Crippen molar-refractivity contribution in [3.8, 4) is 11.5 Å². The summed E-state index contributed by atoms with van der Waals surface area (Å²) < 4.78 is 12.0. The van der Waals surface area contributed by atoms with E-state index in [1.54, 1.807) is 12.1 Å². The highest BCUT2D eigenvalue weighted by Crippen LogP contribution is 2.47. The zero-order valence-electron chi connectivity index (χ0n) is 19.5. The van der Waals surface area contributed by atoms with E-state index in [1.807, 2.05) is 53.5 Å². The molecule has 1 N–H and O–H groups in total. The van der Waals surface area contributed by atoms with Crippen molar-refractivity contribution in [2.75, 3.05) is 6.61 Å². The summed E-state index contributed by atoms with van der Waals surface area (Å²) in [5, 5.41) is 8.60. The van der Waals surface area contributed by atoms with Gasteiger partial charge in [-0.25, -0.2) is 5.01 Å². The van der Waals surface area contributed by atoms with Crippen LogP contribution >= 0.6 is 11.8 Å². The van der Waals surface area contributed by atoms with Crippen LogP contribution in [-0.4, -0.2) is 34.3 Å². The normalized spacial score (nSPS) is 21.1. The monoisotopic (exact) mass is 511 g/mol. The maximum Gasteiger partial charge on any atom is 0.290 e. The molecule has 0 aliphatic carbocycles. The van der Waals surface area contributed by atoms with E-state index in [4.69, 9.17) is 14.6 Å². The molecule has 0 radical (unpaired) electrons. The summed E-state index contributed by atoms with van der Waals surface area (Å²) in [5.41, 5.74) is 4.11. The van der Waals surface area contributed by atoms with Gasteiger partial charge in [0.25, 0.3) is 11.1 Å². The second kappa shape index (κ2) is 9.59. The molecule has 6 rings (SSSR count). The van der Waals surface area contributed by atoms with Crippen LogP contribution in [0.3, 0.4) is 0 Å². The van der Waals surface area contributed by atoms with Crippen LogP contribution < -0.4 is 14.8 Å². The zero-order valence-corrected chi connectivity index (χ0v) is 20.3. The number of hydrazone groups is 1. The van der Waals surface area contributed by atoms with E-state index in [2.05, 4.69) is 23.5 Å². The van der Waals surface area contributed by atoms with Crippen LogP contribution in [0, 0.1) is 0 Å². The number of fused-ring (bicyclic) bond motifs is 3. The summed E-state index contributed by atoms with van der Waals surface area (Å²) >= 11 is 0.699. The second-order valence-electron chi connectivity index (χ2n) is 8.70. The van der Waals surface area contributed by atoms with Gasteiger partial charge in [0, 0.05) is 23.6 Å². The SMILES string of the molecule is O=C(C=C1SC(=O)NC1=O)COc1ccc(C2Oc3ccccc3C3CC(c4ccccc4)=NN32)cc1. The number of para-hydroxylation sites is 1. The van der Waals surface area contributed by atoms with Gasteiger partial charge < -0.3 is 9.47 Å². The fourth-order valence-corrected chi connectivity index (χ4v) is 5.23. The van der Waals surface area contributed by atoms with Crippen LogP contribution in [0.1, 0.15) is 35.4 Å². The van der Waals surface area contributed by atoms with Crippen LogP contribution in [0.5, 0.6) is 11.5 Å². The largest absolute Gasteiger partial charge is 0.485 e. The molecule has 1 fully saturated rings. The fourth-order valence-electron chi connectivity index (χ4n) is 4.55. The van der Waals surface area contributed by atoms with E-state index in [0.29, 0.717) is 17.5 Å². The Kier molecular flexibility index (Phi) is 5.97. The van der Waals surface area contributed by atoms with Crippen molar-refractivity contribution in [1.82, 2.24) is 10.3 Å². The maximum absolute atomic E-state index is 12.2. The Bertz CT molecular complexity index is 1450. The Morgan fingerprint density at radius 3 is 2.57 bits per heavy atom. The Balaban J connectivity index is 1.20. The molecular formula is C28H21N3O5S. The van der Waals surface area contributed by atoms with Gasteiger partial charge in [0.15, 0.2) is 12.4 Å². The Labute approximate surface area is 216 Å². The molecule has 0 saturated carbocycles. The molecule has 0 bridgehead atoms. The summed E-state index contributed by atoms with van der Waals surface area (Å²) in [6, 6.07) is 25.6. The molecule has 3 heterocycles. The highest BCUT2D eigenvalue weighted by Gasteiger charge is 2.40. The number of hydrogen-bond donors (Lipinski definition) is 1. The Morgan fingerprint density at radius 2 is 1.81 bits per heavy atom. The number of amides is 2. The number of imide groups is 1. The minimum atomic E-state index is -0.569. The quantitative estimate of drug-likeness (QED) is 0.477. The predicted octanol–water partition coefficient (Wildman–Crippen LogP) is 4.74. The lowest BCUT2D eigenvalue weighted by molar-refractivity contribution is -0.118. The highest BCUT2D eigenvalue weighted by molar-refractivity contribution is 8.18. The van der Waals surface area contributed by atoms with Crippen LogP contribution in [0.25, 0.3) is 0 Å². The van der Waals surface area contributed by atoms with Crippen molar-refractivity contribution < 1.29 is 23.9 Å². The van der Waals surface area contributed by atoms with Crippen molar-refractivity contribution in [2.45, 2.75) is 18.7 Å². The molecule has 37 heavy (non-hydrogen) atoms. The lowest BCUT2D eigenvalue weighted by atomic mass is 9.96. The predicted molar refractivity (Wildman–Crippen MR) is 138 cm³/mol. The van der Waals surface area contributed by atoms with Gasteiger partial charge in [0.05, 0.1) is 16.7 Å².